The van der Waals surface area contributed by atoms with Gasteiger partial charge in [0, 0.05) is 11.6 Å². The first-order valence-electron chi connectivity index (χ1n) is 12.0. The molecule has 176 valence electrons. The number of carbonyl (C=O) groups is 2. The summed E-state index contributed by atoms with van der Waals surface area (Å²) in [4.78, 5) is 29.7. The lowest BCUT2D eigenvalue weighted by Crippen LogP contribution is -2.51. The highest BCUT2D eigenvalue weighted by Crippen LogP contribution is 2.46. The molecule has 6 heteroatoms. The van der Waals surface area contributed by atoms with Gasteiger partial charge in [-0.25, -0.2) is 0 Å². The lowest BCUT2D eigenvalue weighted by atomic mass is 9.77. The van der Waals surface area contributed by atoms with Crippen molar-refractivity contribution in [3.8, 4) is 5.75 Å². The molecular weight excluding hydrogens is 428 g/mol. The van der Waals surface area contributed by atoms with E-state index in [0.29, 0.717) is 17.9 Å². The number of furan rings is 1. The zero-order valence-electron chi connectivity index (χ0n) is 19.4. The molecule has 1 saturated carbocycles. The van der Waals surface area contributed by atoms with E-state index < -0.39 is 12.0 Å². The molecule has 1 N–H and O–H groups in total. The zero-order chi connectivity index (χ0) is 23.5. The van der Waals surface area contributed by atoms with E-state index in [1.807, 2.05) is 59.5 Å². The maximum Gasteiger partial charge on any atom is 0.254 e. The third kappa shape index (κ3) is 4.20. The molecule has 2 aromatic carbocycles. The third-order valence-electron chi connectivity index (χ3n) is 7.10. The quantitative estimate of drug-likeness (QED) is 0.550. The average Bonchev–Trinajstić information content (AvgIpc) is 3.41. The van der Waals surface area contributed by atoms with Crippen molar-refractivity contribution >= 4 is 11.8 Å². The minimum Gasteiger partial charge on any atom is -0.497 e. The number of nitrogens with one attached hydrogen (secondary N) is 1. The van der Waals surface area contributed by atoms with Crippen molar-refractivity contribution < 1.29 is 18.7 Å². The zero-order valence-corrected chi connectivity index (χ0v) is 19.4. The summed E-state index contributed by atoms with van der Waals surface area (Å²) >= 11 is 0. The molecule has 0 radical (unpaired) electrons. The van der Waals surface area contributed by atoms with Crippen LogP contribution in [0.3, 0.4) is 0 Å². The van der Waals surface area contributed by atoms with E-state index in [9.17, 15) is 9.59 Å². The molecule has 1 fully saturated rings. The van der Waals surface area contributed by atoms with Crippen molar-refractivity contribution in [1.29, 1.82) is 0 Å². The smallest absolute Gasteiger partial charge is 0.254 e. The van der Waals surface area contributed by atoms with Crippen LogP contribution in [0.15, 0.2) is 71.3 Å². The van der Waals surface area contributed by atoms with Gasteiger partial charge >= 0.3 is 0 Å². The van der Waals surface area contributed by atoms with Crippen LogP contribution in [0.2, 0.25) is 0 Å². The van der Waals surface area contributed by atoms with Gasteiger partial charge in [0.25, 0.3) is 5.91 Å². The Hall–Kier alpha value is -3.54. The van der Waals surface area contributed by atoms with E-state index in [2.05, 4.69) is 5.32 Å². The Balaban J connectivity index is 1.59. The Morgan fingerprint density at radius 1 is 1.03 bits per heavy atom. The first kappa shape index (κ1) is 22.3. The van der Waals surface area contributed by atoms with Crippen LogP contribution in [0.25, 0.3) is 0 Å². The van der Waals surface area contributed by atoms with E-state index in [-0.39, 0.29) is 17.9 Å². The Bertz CT molecular complexity index is 1130. The normalized spacial score (nSPS) is 20.6. The Labute approximate surface area is 199 Å². The van der Waals surface area contributed by atoms with Gasteiger partial charge in [0.05, 0.1) is 31.9 Å². The van der Waals surface area contributed by atoms with Crippen molar-refractivity contribution in [2.24, 2.45) is 0 Å². The third-order valence-corrected chi connectivity index (χ3v) is 7.10. The number of fused-ring (bicyclic) bond motifs is 1. The second-order valence-electron chi connectivity index (χ2n) is 9.08. The molecule has 0 unspecified atom stereocenters. The molecule has 2 heterocycles. The van der Waals surface area contributed by atoms with Crippen LogP contribution in [0.1, 0.15) is 71.3 Å². The predicted molar refractivity (Wildman–Crippen MR) is 129 cm³/mol. The largest absolute Gasteiger partial charge is 0.497 e. The number of benzene rings is 2. The van der Waals surface area contributed by atoms with Crippen molar-refractivity contribution in [1.82, 2.24) is 10.2 Å². The molecule has 34 heavy (non-hydrogen) atoms. The van der Waals surface area contributed by atoms with Crippen LogP contribution in [0, 0.1) is 0 Å². The number of rotatable bonds is 6. The minimum absolute atomic E-state index is 0.0124. The molecule has 1 aromatic heterocycles. The van der Waals surface area contributed by atoms with E-state index in [4.69, 9.17) is 9.15 Å². The van der Waals surface area contributed by atoms with Crippen LogP contribution >= 0.6 is 0 Å². The fourth-order valence-electron chi connectivity index (χ4n) is 5.45. The standard InChI is InChI=1S/C28H30N2O4/c1-33-21-15-13-19(14-16-21)26-25(27(31)29-18-22-10-7-17-34-22)23-11-5-6-12-24(23)28(32)30(26)20-8-3-2-4-9-20/h5-7,10-17,20,25-26H,2-4,8-9,18H2,1H3,(H,29,31)/t25-,26+/m1/s1. The minimum atomic E-state index is -0.529. The van der Waals surface area contributed by atoms with Gasteiger partial charge in [0.15, 0.2) is 0 Å². The van der Waals surface area contributed by atoms with Gasteiger partial charge in [-0.2, -0.15) is 0 Å². The summed E-state index contributed by atoms with van der Waals surface area (Å²) in [6.07, 6.45) is 6.90. The topological polar surface area (TPSA) is 71.8 Å². The highest BCUT2D eigenvalue weighted by molar-refractivity contribution is 6.01. The summed E-state index contributed by atoms with van der Waals surface area (Å²) in [6.45, 7) is 0.303. The van der Waals surface area contributed by atoms with E-state index >= 15 is 0 Å². The molecule has 3 aromatic rings. The summed E-state index contributed by atoms with van der Waals surface area (Å²) in [5.41, 5.74) is 2.33. The lowest BCUT2D eigenvalue weighted by molar-refractivity contribution is -0.124. The number of ether oxygens (including phenoxy) is 1. The Kier molecular flexibility index (Phi) is 6.39. The van der Waals surface area contributed by atoms with E-state index in [1.54, 1.807) is 19.4 Å². The first-order valence-corrected chi connectivity index (χ1v) is 12.0. The molecule has 1 aliphatic heterocycles. The fourth-order valence-corrected chi connectivity index (χ4v) is 5.45. The number of nitrogens with zero attached hydrogens (tertiary/aromatic N) is 1. The van der Waals surface area contributed by atoms with Crippen molar-refractivity contribution in [3.05, 3.63) is 89.4 Å². The van der Waals surface area contributed by atoms with Crippen molar-refractivity contribution in [2.45, 2.75) is 56.7 Å². The van der Waals surface area contributed by atoms with Gasteiger partial charge in [-0.1, -0.05) is 49.6 Å². The van der Waals surface area contributed by atoms with Crippen LogP contribution in [0.5, 0.6) is 5.75 Å². The molecular formula is C28H30N2O4. The van der Waals surface area contributed by atoms with Crippen LogP contribution in [-0.2, 0) is 11.3 Å². The number of hydrogen-bond donors (Lipinski definition) is 1. The van der Waals surface area contributed by atoms with Gasteiger partial charge in [-0.3, -0.25) is 9.59 Å². The van der Waals surface area contributed by atoms with Gasteiger partial charge in [0.2, 0.25) is 5.91 Å². The summed E-state index contributed by atoms with van der Waals surface area (Å²) in [7, 11) is 1.63. The molecule has 2 amide bonds. The van der Waals surface area contributed by atoms with Gasteiger partial charge in [0.1, 0.15) is 11.5 Å². The summed E-state index contributed by atoms with van der Waals surface area (Å²) < 4.78 is 10.8. The Morgan fingerprint density at radius 3 is 2.50 bits per heavy atom. The molecule has 0 spiro atoms. The summed E-state index contributed by atoms with van der Waals surface area (Å²) in [5.74, 6) is 0.809. The molecule has 5 rings (SSSR count). The molecule has 6 nitrogen and oxygen atoms in total. The average molecular weight is 459 g/mol. The maximum absolute atomic E-state index is 13.9. The molecule has 0 saturated heterocycles. The van der Waals surface area contributed by atoms with Crippen LogP contribution in [-0.4, -0.2) is 29.9 Å². The first-order chi connectivity index (χ1) is 16.7. The molecule has 0 bridgehead atoms. The number of hydrogen-bond acceptors (Lipinski definition) is 4. The van der Waals surface area contributed by atoms with E-state index in [1.165, 1.54) is 6.42 Å². The van der Waals surface area contributed by atoms with Gasteiger partial charge < -0.3 is 19.4 Å². The number of carbonyl (C=O) groups excluding carboxylic acids is 2. The van der Waals surface area contributed by atoms with Crippen molar-refractivity contribution in [3.63, 3.8) is 0 Å². The second kappa shape index (κ2) is 9.75. The SMILES string of the molecule is COc1ccc([C@H]2[C@H](C(=O)NCc3ccco3)c3ccccc3C(=O)N2C2CCCCC2)cc1. The lowest BCUT2D eigenvalue weighted by Gasteiger charge is -2.46. The maximum atomic E-state index is 13.9. The van der Waals surface area contributed by atoms with Crippen LogP contribution < -0.4 is 10.1 Å². The molecule has 2 atom stereocenters. The number of amides is 2. The summed E-state index contributed by atoms with van der Waals surface area (Å²) in [5, 5.41) is 3.06. The highest BCUT2D eigenvalue weighted by atomic mass is 16.5. The fraction of sp³-hybridized carbons (Fsp3) is 0.357. The monoisotopic (exact) mass is 458 g/mol. The van der Waals surface area contributed by atoms with Crippen LogP contribution in [0.4, 0.5) is 0 Å². The molecule has 1 aliphatic carbocycles. The van der Waals surface area contributed by atoms with Gasteiger partial charge in [-0.15, -0.1) is 0 Å². The van der Waals surface area contributed by atoms with Crippen molar-refractivity contribution in [2.75, 3.05) is 7.11 Å². The summed E-state index contributed by atoms with van der Waals surface area (Å²) in [6, 6.07) is 18.7. The Morgan fingerprint density at radius 2 is 1.79 bits per heavy atom. The molecule has 2 aliphatic rings. The number of methoxy groups -OCH3 is 1. The highest BCUT2D eigenvalue weighted by Gasteiger charge is 2.46. The predicted octanol–water partition coefficient (Wildman–Crippen LogP) is 5.22. The second-order valence-corrected chi connectivity index (χ2v) is 9.08. The van der Waals surface area contributed by atoms with E-state index in [0.717, 1.165) is 42.6 Å². The van der Waals surface area contributed by atoms with Gasteiger partial charge in [-0.05, 0) is 54.3 Å².